The van der Waals surface area contributed by atoms with Crippen molar-refractivity contribution < 1.29 is 4.79 Å². The molecule has 3 rings (SSSR count). The number of rotatable bonds is 5. The smallest absolute Gasteiger partial charge is 0.264 e. The molecule has 0 saturated carbocycles. The molecule has 1 aromatic carbocycles. The molecule has 0 fully saturated rings. The third kappa shape index (κ3) is 3.08. The number of carbonyl (C=O) groups excluding carboxylic acids is 1. The molecule has 0 N–H and O–H groups in total. The van der Waals surface area contributed by atoms with Crippen LogP contribution in [0, 0.1) is 13.8 Å². The summed E-state index contributed by atoms with van der Waals surface area (Å²) in [5, 5.41) is 5.74. The fourth-order valence-electron chi connectivity index (χ4n) is 2.86. The Balaban J connectivity index is 1.95. The molecular weight excluding hydrogens is 318 g/mol. The molecule has 5 heteroatoms. The molecule has 126 valence electrons. The normalized spacial score (nSPS) is 11.2. The van der Waals surface area contributed by atoms with Crippen LogP contribution in [0.4, 0.5) is 0 Å². The SMILES string of the molecule is CCN(CC)C(=O)c1cc2c(C)nn(Cc3ccc(C)cc3)c2s1. The highest BCUT2D eigenvalue weighted by atomic mass is 32.1. The van der Waals surface area contributed by atoms with E-state index in [4.69, 9.17) is 0 Å². The second-order valence-electron chi connectivity index (χ2n) is 6.04. The van der Waals surface area contributed by atoms with Gasteiger partial charge in [0.15, 0.2) is 0 Å². The Bertz CT molecular complexity index is 857. The van der Waals surface area contributed by atoms with E-state index in [1.54, 1.807) is 11.3 Å². The standard InChI is InChI=1S/C19H23N3OS/c1-5-21(6-2)18(23)17-11-16-14(4)20-22(19(16)24-17)12-15-9-7-13(3)8-10-15/h7-11H,5-6,12H2,1-4H3. The lowest BCUT2D eigenvalue weighted by atomic mass is 10.1. The van der Waals surface area contributed by atoms with Gasteiger partial charge in [0.25, 0.3) is 5.91 Å². The number of nitrogens with zero attached hydrogens (tertiary/aromatic N) is 3. The number of aromatic nitrogens is 2. The first kappa shape index (κ1) is 16.7. The van der Waals surface area contributed by atoms with Crippen LogP contribution in [0.1, 0.15) is 40.3 Å². The van der Waals surface area contributed by atoms with E-state index < -0.39 is 0 Å². The molecule has 0 aliphatic heterocycles. The van der Waals surface area contributed by atoms with Crippen LogP contribution < -0.4 is 0 Å². The van der Waals surface area contributed by atoms with Gasteiger partial charge in [-0.05, 0) is 39.3 Å². The van der Waals surface area contributed by atoms with E-state index in [9.17, 15) is 4.79 Å². The third-order valence-electron chi connectivity index (χ3n) is 4.32. The van der Waals surface area contributed by atoms with Crippen LogP contribution in [0.25, 0.3) is 10.2 Å². The Morgan fingerprint density at radius 3 is 2.46 bits per heavy atom. The van der Waals surface area contributed by atoms with Crippen molar-refractivity contribution in [1.82, 2.24) is 14.7 Å². The summed E-state index contributed by atoms with van der Waals surface area (Å²) >= 11 is 1.54. The van der Waals surface area contributed by atoms with Crippen LogP contribution in [0.2, 0.25) is 0 Å². The lowest BCUT2D eigenvalue weighted by Gasteiger charge is -2.17. The summed E-state index contributed by atoms with van der Waals surface area (Å²) in [4.78, 5) is 16.3. The van der Waals surface area contributed by atoms with Gasteiger partial charge in [-0.3, -0.25) is 9.48 Å². The van der Waals surface area contributed by atoms with Crippen molar-refractivity contribution in [2.75, 3.05) is 13.1 Å². The van der Waals surface area contributed by atoms with Crippen LogP contribution in [0.3, 0.4) is 0 Å². The second kappa shape index (κ2) is 6.77. The number of fused-ring (bicyclic) bond motifs is 1. The zero-order valence-corrected chi connectivity index (χ0v) is 15.5. The van der Waals surface area contributed by atoms with Crippen LogP contribution in [0.5, 0.6) is 0 Å². The molecule has 0 aliphatic rings. The first-order chi connectivity index (χ1) is 11.5. The van der Waals surface area contributed by atoms with Gasteiger partial charge in [-0.25, -0.2) is 0 Å². The molecule has 2 heterocycles. The number of thiophene rings is 1. The molecule has 24 heavy (non-hydrogen) atoms. The summed E-state index contributed by atoms with van der Waals surface area (Å²) in [5.41, 5.74) is 3.45. The predicted octanol–water partition coefficient (Wildman–Crippen LogP) is 4.24. The van der Waals surface area contributed by atoms with Crippen molar-refractivity contribution in [3.63, 3.8) is 0 Å². The summed E-state index contributed by atoms with van der Waals surface area (Å²) in [5.74, 6) is 0.113. The molecule has 0 bridgehead atoms. The monoisotopic (exact) mass is 341 g/mol. The molecule has 4 nitrogen and oxygen atoms in total. The van der Waals surface area contributed by atoms with Gasteiger partial charge in [-0.15, -0.1) is 11.3 Å². The average molecular weight is 341 g/mol. The van der Waals surface area contributed by atoms with E-state index in [0.29, 0.717) is 0 Å². The fraction of sp³-hybridized carbons (Fsp3) is 0.368. The van der Waals surface area contributed by atoms with Gasteiger partial charge in [0, 0.05) is 18.5 Å². The van der Waals surface area contributed by atoms with Crippen LogP contribution in [-0.2, 0) is 6.54 Å². The number of carbonyl (C=O) groups is 1. The number of amides is 1. The van der Waals surface area contributed by atoms with Crippen LogP contribution in [0.15, 0.2) is 30.3 Å². The Kier molecular flexibility index (Phi) is 4.71. The molecule has 3 aromatic rings. The lowest BCUT2D eigenvalue weighted by molar-refractivity contribution is 0.0778. The van der Waals surface area contributed by atoms with E-state index in [1.165, 1.54) is 11.1 Å². The summed E-state index contributed by atoms with van der Waals surface area (Å²) in [6, 6.07) is 10.5. The van der Waals surface area contributed by atoms with E-state index in [0.717, 1.165) is 40.4 Å². The minimum absolute atomic E-state index is 0.113. The van der Waals surface area contributed by atoms with Crippen molar-refractivity contribution in [3.8, 4) is 0 Å². The molecule has 1 amide bonds. The van der Waals surface area contributed by atoms with E-state index >= 15 is 0 Å². The van der Waals surface area contributed by atoms with Crippen molar-refractivity contribution >= 4 is 27.5 Å². The average Bonchev–Trinajstić information content (AvgIpc) is 3.13. The zero-order valence-electron chi connectivity index (χ0n) is 14.7. The molecule has 0 atom stereocenters. The molecule has 0 aliphatic carbocycles. The maximum absolute atomic E-state index is 12.6. The van der Waals surface area contributed by atoms with Crippen molar-refractivity contribution in [1.29, 1.82) is 0 Å². The van der Waals surface area contributed by atoms with Gasteiger partial charge in [0.05, 0.1) is 17.1 Å². The third-order valence-corrected chi connectivity index (χ3v) is 5.46. The molecule has 2 aromatic heterocycles. The Morgan fingerprint density at radius 1 is 1.17 bits per heavy atom. The maximum Gasteiger partial charge on any atom is 0.264 e. The number of hydrogen-bond donors (Lipinski definition) is 0. The van der Waals surface area contributed by atoms with Gasteiger partial charge in [-0.1, -0.05) is 29.8 Å². The van der Waals surface area contributed by atoms with Crippen LogP contribution in [-0.4, -0.2) is 33.7 Å². The highest BCUT2D eigenvalue weighted by molar-refractivity contribution is 7.20. The second-order valence-corrected chi connectivity index (χ2v) is 7.07. The Hall–Kier alpha value is -2.14. The van der Waals surface area contributed by atoms with E-state index in [2.05, 4.69) is 36.3 Å². The van der Waals surface area contributed by atoms with Crippen molar-refractivity contribution in [2.45, 2.75) is 34.2 Å². The Morgan fingerprint density at radius 2 is 1.83 bits per heavy atom. The molecule has 0 saturated heterocycles. The molecule has 0 spiro atoms. The van der Waals surface area contributed by atoms with Gasteiger partial charge < -0.3 is 4.90 Å². The van der Waals surface area contributed by atoms with E-state index in [1.807, 2.05) is 36.4 Å². The highest BCUT2D eigenvalue weighted by Gasteiger charge is 2.19. The lowest BCUT2D eigenvalue weighted by Crippen LogP contribution is -2.29. The molecule has 0 radical (unpaired) electrons. The number of benzene rings is 1. The summed E-state index contributed by atoms with van der Waals surface area (Å²) in [6.07, 6.45) is 0. The van der Waals surface area contributed by atoms with E-state index in [-0.39, 0.29) is 5.91 Å². The van der Waals surface area contributed by atoms with Gasteiger partial charge >= 0.3 is 0 Å². The van der Waals surface area contributed by atoms with Crippen molar-refractivity contribution in [3.05, 3.63) is 52.0 Å². The predicted molar refractivity (Wildman–Crippen MR) is 99.9 cm³/mol. The summed E-state index contributed by atoms with van der Waals surface area (Å²) < 4.78 is 2.01. The minimum Gasteiger partial charge on any atom is -0.339 e. The van der Waals surface area contributed by atoms with Gasteiger partial charge in [0.1, 0.15) is 4.83 Å². The van der Waals surface area contributed by atoms with Gasteiger partial charge in [-0.2, -0.15) is 5.10 Å². The summed E-state index contributed by atoms with van der Waals surface area (Å²) in [7, 11) is 0. The number of hydrogen-bond acceptors (Lipinski definition) is 3. The minimum atomic E-state index is 0.113. The Labute approximate surface area is 146 Å². The number of aryl methyl sites for hydroxylation is 2. The highest BCUT2D eigenvalue weighted by Crippen LogP contribution is 2.29. The van der Waals surface area contributed by atoms with Crippen molar-refractivity contribution in [2.24, 2.45) is 0 Å². The largest absolute Gasteiger partial charge is 0.339 e. The molecule has 0 unspecified atom stereocenters. The topological polar surface area (TPSA) is 38.1 Å². The van der Waals surface area contributed by atoms with Crippen LogP contribution >= 0.6 is 11.3 Å². The first-order valence-electron chi connectivity index (χ1n) is 8.35. The first-order valence-corrected chi connectivity index (χ1v) is 9.16. The molecular formula is C19H23N3OS. The quantitative estimate of drug-likeness (QED) is 0.696. The summed E-state index contributed by atoms with van der Waals surface area (Å²) in [6.45, 7) is 10.3. The fourth-order valence-corrected chi connectivity index (χ4v) is 3.99. The van der Waals surface area contributed by atoms with Gasteiger partial charge in [0.2, 0.25) is 0 Å². The zero-order chi connectivity index (χ0) is 17.3. The maximum atomic E-state index is 12.6.